The first kappa shape index (κ1) is 10.3. The summed E-state index contributed by atoms with van der Waals surface area (Å²) in [6.07, 6.45) is 4.88. The minimum Gasteiger partial charge on any atom is -0.338 e. The maximum atomic E-state index is 5.42. The fourth-order valence-corrected chi connectivity index (χ4v) is 2.40. The predicted molar refractivity (Wildman–Crippen MR) is 60.0 cm³/mol. The maximum Gasteiger partial charge on any atom is 0.244 e. The van der Waals surface area contributed by atoms with Crippen LogP contribution in [0, 0.1) is 5.92 Å². The highest BCUT2D eigenvalue weighted by Crippen LogP contribution is 2.46. The van der Waals surface area contributed by atoms with Crippen molar-refractivity contribution < 1.29 is 4.52 Å². The zero-order valence-corrected chi connectivity index (χ0v) is 9.99. The van der Waals surface area contributed by atoms with Gasteiger partial charge >= 0.3 is 0 Å². The van der Waals surface area contributed by atoms with E-state index in [1.165, 1.54) is 25.7 Å². The van der Waals surface area contributed by atoms with Gasteiger partial charge in [-0.15, -0.1) is 0 Å². The van der Waals surface area contributed by atoms with E-state index in [0.29, 0.717) is 5.92 Å². The van der Waals surface area contributed by atoms with Gasteiger partial charge in [0.2, 0.25) is 5.89 Å². The quantitative estimate of drug-likeness (QED) is 0.831. The number of rotatable bonds is 2. The van der Waals surface area contributed by atoms with E-state index in [1.807, 2.05) is 0 Å². The second kappa shape index (κ2) is 3.55. The Balaban J connectivity index is 1.80. The lowest BCUT2D eigenvalue weighted by Gasteiger charge is -2.26. The summed E-state index contributed by atoms with van der Waals surface area (Å²) < 4.78 is 5.42. The van der Waals surface area contributed by atoms with Gasteiger partial charge in [-0.05, 0) is 38.1 Å². The molecule has 1 saturated heterocycles. The third-order valence-corrected chi connectivity index (χ3v) is 4.02. The van der Waals surface area contributed by atoms with Crippen LogP contribution in [-0.2, 0) is 5.41 Å². The van der Waals surface area contributed by atoms with Gasteiger partial charge in [-0.25, -0.2) is 0 Å². The highest BCUT2D eigenvalue weighted by atomic mass is 16.5. The van der Waals surface area contributed by atoms with Crippen LogP contribution in [0.1, 0.15) is 57.3 Å². The number of aromatic nitrogens is 2. The van der Waals surface area contributed by atoms with E-state index >= 15 is 0 Å². The molecule has 2 atom stereocenters. The minimum absolute atomic E-state index is 0.208. The largest absolute Gasteiger partial charge is 0.338 e. The Labute approximate surface area is 95.8 Å². The summed E-state index contributed by atoms with van der Waals surface area (Å²) in [6.45, 7) is 5.52. The normalized spacial score (nSPS) is 32.6. The van der Waals surface area contributed by atoms with Crippen LogP contribution in [0.3, 0.4) is 0 Å². The van der Waals surface area contributed by atoms with E-state index in [-0.39, 0.29) is 11.5 Å². The van der Waals surface area contributed by atoms with Crippen LogP contribution in [-0.4, -0.2) is 16.7 Å². The molecule has 1 N–H and O–H groups in total. The van der Waals surface area contributed by atoms with E-state index < -0.39 is 0 Å². The van der Waals surface area contributed by atoms with Crippen molar-refractivity contribution >= 4 is 0 Å². The van der Waals surface area contributed by atoms with E-state index in [9.17, 15) is 0 Å². The Morgan fingerprint density at radius 2 is 2.25 bits per heavy atom. The highest BCUT2D eigenvalue weighted by Gasteiger charge is 2.44. The van der Waals surface area contributed by atoms with E-state index in [1.54, 1.807) is 0 Å². The second-order valence-electron chi connectivity index (χ2n) is 5.57. The van der Waals surface area contributed by atoms with Gasteiger partial charge in [-0.3, -0.25) is 0 Å². The van der Waals surface area contributed by atoms with Gasteiger partial charge in [0.15, 0.2) is 5.82 Å². The van der Waals surface area contributed by atoms with Gasteiger partial charge in [0.25, 0.3) is 0 Å². The molecule has 16 heavy (non-hydrogen) atoms. The molecule has 1 aromatic heterocycles. The van der Waals surface area contributed by atoms with Crippen molar-refractivity contribution in [3.63, 3.8) is 0 Å². The van der Waals surface area contributed by atoms with Gasteiger partial charge in [-0.2, -0.15) is 4.98 Å². The number of nitrogens with zero attached hydrogens (tertiary/aromatic N) is 2. The zero-order chi connectivity index (χ0) is 11.2. The lowest BCUT2D eigenvalue weighted by Crippen LogP contribution is -2.33. The summed E-state index contributed by atoms with van der Waals surface area (Å²) >= 11 is 0. The van der Waals surface area contributed by atoms with Crippen LogP contribution in [0.5, 0.6) is 0 Å². The molecule has 4 nitrogen and oxygen atoms in total. The van der Waals surface area contributed by atoms with Crippen molar-refractivity contribution in [1.82, 2.24) is 15.5 Å². The molecule has 1 aliphatic carbocycles. The first-order valence-corrected chi connectivity index (χ1v) is 6.26. The Morgan fingerprint density at radius 3 is 2.94 bits per heavy atom. The van der Waals surface area contributed by atoms with Crippen LogP contribution < -0.4 is 5.32 Å². The number of hydrogen-bond acceptors (Lipinski definition) is 4. The Bertz CT molecular complexity index is 383. The van der Waals surface area contributed by atoms with Crippen LogP contribution in [0.2, 0.25) is 0 Å². The summed E-state index contributed by atoms with van der Waals surface area (Å²) in [6, 6.07) is 0.261. The van der Waals surface area contributed by atoms with Crippen molar-refractivity contribution in [3.05, 3.63) is 11.7 Å². The van der Waals surface area contributed by atoms with Crippen molar-refractivity contribution in [3.8, 4) is 0 Å². The zero-order valence-electron chi connectivity index (χ0n) is 9.99. The smallest absolute Gasteiger partial charge is 0.244 e. The molecule has 0 bridgehead atoms. The molecule has 2 fully saturated rings. The van der Waals surface area contributed by atoms with Crippen molar-refractivity contribution in [2.75, 3.05) is 6.54 Å². The summed E-state index contributed by atoms with van der Waals surface area (Å²) in [5.74, 6) is 2.28. The lowest BCUT2D eigenvalue weighted by molar-refractivity contribution is 0.238. The average Bonchev–Trinajstić information content (AvgIpc) is 2.84. The molecule has 1 aromatic rings. The van der Waals surface area contributed by atoms with Crippen molar-refractivity contribution in [2.24, 2.45) is 5.92 Å². The van der Waals surface area contributed by atoms with E-state index in [2.05, 4.69) is 29.3 Å². The predicted octanol–water partition coefficient (Wildman–Crippen LogP) is 2.18. The summed E-state index contributed by atoms with van der Waals surface area (Å²) in [5.41, 5.74) is 0.208. The van der Waals surface area contributed by atoms with E-state index in [0.717, 1.165) is 18.3 Å². The van der Waals surface area contributed by atoms with Crippen molar-refractivity contribution in [2.45, 2.75) is 51.0 Å². The molecule has 2 aliphatic rings. The fourth-order valence-electron chi connectivity index (χ4n) is 2.40. The third-order valence-electron chi connectivity index (χ3n) is 4.02. The van der Waals surface area contributed by atoms with Crippen LogP contribution >= 0.6 is 0 Å². The van der Waals surface area contributed by atoms with Gasteiger partial charge in [0.1, 0.15) is 0 Å². The average molecular weight is 221 g/mol. The fraction of sp³-hybridized carbons (Fsp3) is 0.833. The molecule has 0 amide bonds. The Morgan fingerprint density at radius 1 is 1.44 bits per heavy atom. The maximum absolute atomic E-state index is 5.42. The van der Waals surface area contributed by atoms with Gasteiger partial charge in [0, 0.05) is 5.41 Å². The molecule has 0 spiro atoms. The third kappa shape index (κ3) is 1.65. The molecule has 0 aromatic carbocycles. The molecular weight excluding hydrogens is 202 g/mol. The van der Waals surface area contributed by atoms with Crippen LogP contribution in [0.15, 0.2) is 4.52 Å². The SMILES string of the molecule is CC1CCCNC1c1nc(C2(C)CC2)no1. The topological polar surface area (TPSA) is 51.0 Å². The first-order valence-electron chi connectivity index (χ1n) is 6.26. The molecule has 3 rings (SSSR count). The Hall–Kier alpha value is -0.900. The molecule has 1 aliphatic heterocycles. The van der Waals surface area contributed by atoms with Gasteiger partial charge in [0.05, 0.1) is 6.04 Å². The second-order valence-corrected chi connectivity index (χ2v) is 5.57. The summed E-state index contributed by atoms with van der Waals surface area (Å²) in [7, 11) is 0. The molecule has 2 unspecified atom stereocenters. The first-order chi connectivity index (χ1) is 7.69. The minimum atomic E-state index is 0.208. The monoisotopic (exact) mass is 221 g/mol. The standard InChI is InChI=1S/C12H19N3O/c1-8-4-3-7-13-9(8)10-14-11(15-16-10)12(2)5-6-12/h8-9,13H,3-7H2,1-2H3. The molecule has 4 heteroatoms. The molecule has 88 valence electrons. The van der Waals surface area contributed by atoms with E-state index in [4.69, 9.17) is 4.52 Å². The highest BCUT2D eigenvalue weighted by molar-refractivity contribution is 5.15. The van der Waals surface area contributed by atoms with Crippen molar-refractivity contribution in [1.29, 1.82) is 0 Å². The lowest BCUT2D eigenvalue weighted by atomic mass is 9.93. The molecular formula is C12H19N3O. The molecule has 1 saturated carbocycles. The molecule has 0 radical (unpaired) electrons. The summed E-state index contributed by atoms with van der Waals surface area (Å²) in [4.78, 5) is 4.58. The summed E-state index contributed by atoms with van der Waals surface area (Å²) in [5, 5.41) is 7.61. The van der Waals surface area contributed by atoms with Crippen LogP contribution in [0.4, 0.5) is 0 Å². The number of piperidine rings is 1. The van der Waals surface area contributed by atoms with Crippen LogP contribution in [0.25, 0.3) is 0 Å². The number of hydrogen-bond donors (Lipinski definition) is 1. The van der Waals surface area contributed by atoms with Gasteiger partial charge in [-0.1, -0.05) is 19.0 Å². The Kier molecular flexibility index (Phi) is 2.28. The van der Waals surface area contributed by atoms with Gasteiger partial charge < -0.3 is 9.84 Å². The number of nitrogens with one attached hydrogen (secondary N) is 1. The molecule has 2 heterocycles.